The van der Waals surface area contributed by atoms with Gasteiger partial charge >= 0.3 is 0 Å². The number of nitro groups is 1. The van der Waals surface area contributed by atoms with E-state index in [1.54, 1.807) is 0 Å². The van der Waals surface area contributed by atoms with Crippen molar-refractivity contribution in [1.82, 2.24) is 0 Å². The summed E-state index contributed by atoms with van der Waals surface area (Å²) in [6.07, 6.45) is 0.275. The van der Waals surface area contributed by atoms with Gasteiger partial charge in [-0.25, -0.2) is 0 Å². The lowest BCUT2D eigenvalue weighted by Gasteiger charge is -2.01. The van der Waals surface area contributed by atoms with Crippen LogP contribution in [0.15, 0.2) is 23.3 Å². The standard InChI is InChI=1S/C8H8N4O3/c9-11-10-4-3-6-5-7(12(14)15)1-2-8(6)13/h1-2,5,13H,3-4H2. The fraction of sp³-hybridized carbons (Fsp3) is 0.250. The van der Waals surface area contributed by atoms with Crippen LogP contribution < -0.4 is 0 Å². The molecule has 0 saturated carbocycles. The van der Waals surface area contributed by atoms with Crippen LogP contribution in [-0.4, -0.2) is 16.6 Å². The first-order chi connectivity index (χ1) is 7.15. The van der Waals surface area contributed by atoms with E-state index >= 15 is 0 Å². The van der Waals surface area contributed by atoms with E-state index < -0.39 is 4.92 Å². The Labute approximate surface area is 84.7 Å². The third-order valence-electron chi connectivity index (χ3n) is 1.82. The summed E-state index contributed by atoms with van der Waals surface area (Å²) in [7, 11) is 0. The van der Waals surface area contributed by atoms with Gasteiger partial charge in [-0.15, -0.1) is 0 Å². The fourth-order valence-corrected chi connectivity index (χ4v) is 1.10. The minimum Gasteiger partial charge on any atom is -0.508 e. The van der Waals surface area contributed by atoms with E-state index in [9.17, 15) is 15.2 Å². The van der Waals surface area contributed by atoms with Crippen molar-refractivity contribution in [3.8, 4) is 5.75 Å². The van der Waals surface area contributed by atoms with Crippen LogP contribution in [0.4, 0.5) is 5.69 Å². The number of rotatable bonds is 4. The van der Waals surface area contributed by atoms with Crippen molar-refractivity contribution in [3.63, 3.8) is 0 Å². The Morgan fingerprint density at radius 2 is 2.33 bits per heavy atom. The average molecular weight is 208 g/mol. The molecule has 0 aliphatic rings. The molecule has 0 aromatic heterocycles. The zero-order valence-electron chi connectivity index (χ0n) is 7.70. The van der Waals surface area contributed by atoms with E-state index in [-0.39, 0.29) is 24.4 Å². The second kappa shape index (κ2) is 4.83. The SMILES string of the molecule is [N-]=[N+]=NCCc1cc([N+](=O)[O-])ccc1O. The van der Waals surface area contributed by atoms with E-state index in [1.165, 1.54) is 18.2 Å². The fourth-order valence-electron chi connectivity index (χ4n) is 1.10. The van der Waals surface area contributed by atoms with E-state index in [4.69, 9.17) is 5.53 Å². The number of aromatic hydroxyl groups is 1. The molecule has 78 valence electrons. The molecule has 0 radical (unpaired) electrons. The Morgan fingerprint density at radius 3 is 2.93 bits per heavy atom. The number of nitrogens with zero attached hydrogens (tertiary/aromatic N) is 4. The monoisotopic (exact) mass is 208 g/mol. The zero-order valence-corrected chi connectivity index (χ0v) is 7.70. The van der Waals surface area contributed by atoms with Crippen molar-refractivity contribution in [1.29, 1.82) is 0 Å². The molecule has 7 nitrogen and oxygen atoms in total. The summed E-state index contributed by atoms with van der Waals surface area (Å²) in [5.74, 6) is -0.0336. The van der Waals surface area contributed by atoms with Gasteiger partial charge in [0.25, 0.3) is 5.69 Å². The molecule has 0 bridgehead atoms. The van der Waals surface area contributed by atoms with Gasteiger partial charge in [0.05, 0.1) is 4.92 Å². The van der Waals surface area contributed by atoms with Gasteiger partial charge in [-0.05, 0) is 18.0 Å². The van der Waals surface area contributed by atoms with Gasteiger partial charge in [-0.3, -0.25) is 10.1 Å². The van der Waals surface area contributed by atoms with E-state index in [2.05, 4.69) is 10.0 Å². The molecule has 0 heterocycles. The second-order valence-corrected chi connectivity index (χ2v) is 2.77. The molecule has 1 N–H and O–H groups in total. The van der Waals surface area contributed by atoms with E-state index in [0.29, 0.717) is 5.56 Å². The number of non-ortho nitro benzene ring substituents is 1. The lowest BCUT2D eigenvalue weighted by molar-refractivity contribution is -0.384. The summed E-state index contributed by atoms with van der Waals surface area (Å²) >= 11 is 0. The minimum atomic E-state index is -0.545. The molecule has 0 unspecified atom stereocenters. The number of hydrogen-bond donors (Lipinski definition) is 1. The number of azide groups is 1. The Balaban J connectivity index is 2.89. The highest BCUT2D eigenvalue weighted by molar-refractivity contribution is 5.43. The second-order valence-electron chi connectivity index (χ2n) is 2.77. The van der Waals surface area contributed by atoms with Crippen LogP contribution in [0.5, 0.6) is 5.75 Å². The van der Waals surface area contributed by atoms with Gasteiger partial charge in [0, 0.05) is 29.2 Å². The molecular formula is C8H8N4O3. The molecule has 1 aromatic rings. The molecule has 1 aromatic carbocycles. The average Bonchev–Trinajstić information content (AvgIpc) is 2.20. The third kappa shape index (κ3) is 2.85. The predicted molar refractivity (Wildman–Crippen MR) is 52.5 cm³/mol. The summed E-state index contributed by atoms with van der Waals surface area (Å²) in [5, 5.41) is 23.1. The summed E-state index contributed by atoms with van der Waals surface area (Å²) in [4.78, 5) is 12.4. The van der Waals surface area contributed by atoms with Crippen LogP contribution in [0.2, 0.25) is 0 Å². The van der Waals surface area contributed by atoms with Crippen LogP contribution in [0.1, 0.15) is 5.56 Å². The minimum absolute atomic E-state index is 0.0336. The van der Waals surface area contributed by atoms with Crippen molar-refractivity contribution in [2.75, 3.05) is 6.54 Å². The van der Waals surface area contributed by atoms with Gasteiger partial charge in [0.15, 0.2) is 0 Å². The van der Waals surface area contributed by atoms with Gasteiger partial charge in [0.2, 0.25) is 0 Å². The van der Waals surface area contributed by atoms with Gasteiger partial charge in [-0.2, -0.15) is 0 Å². The molecule has 0 aliphatic heterocycles. The molecule has 0 aliphatic carbocycles. The predicted octanol–water partition coefficient (Wildman–Crippen LogP) is 2.15. The lowest BCUT2D eigenvalue weighted by Crippen LogP contribution is -1.93. The van der Waals surface area contributed by atoms with E-state index in [1.807, 2.05) is 0 Å². The normalized spacial score (nSPS) is 9.33. The first-order valence-corrected chi connectivity index (χ1v) is 4.12. The maximum atomic E-state index is 10.4. The van der Waals surface area contributed by atoms with Crippen molar-refractivity contribution in [2.45, 2.75) is 6.42 Å². The molecule has 7 heteroatoms. The highest BCUT2D eigenvalue weighted by Gasteiger charge is 2.09. The first-order valence-electron chi connectivity index (χ1n) is 4.12. The van der Waals surface area contributed by atoms with Gasteiger partial charge < -0.3 is 5.11 Å². The van der Waals surface area contributed by atoms with Crippen LogP contribution in [0.25, 0.3) is 10.4 Å². The molecular weight excluding hydrogens is 200 g/mol. The molecule has 15 heavy (non-hydrogen) atoms. The zero-order chi connectivity index (χ0) is 11.3. The van der Waals surface area contributed by atoms with Crippen molar-refractivity contribution in [2.24, 2.45) is 5.11 Å². The topological polar surface area (TPSA) is 112 Å². The van der Waals surface area contributed by atoms with Crippen LogP contribution >= 0.6 is 0 Å². The molecule has 0 amide bonds. The van der Waals surface area contributed by atoms with Gasteiger partial charge in [0.1, 0.15) is 5.75 Å². The number of phenolic OH excluding ortho intramolecular Hbond substituents is 1. The quantitative estimate of drug-likeness (QED) is 0.269. The molecule has 0 saturated heterocycles. The molecule has 0 fully saturated rings. The third-order valence-corrected chi connectivity index (χ3v) is 1.82. The van der Waals surface area contributed by atoms with Crippen molar-refractivity contribution < 1.29 is 10.0 Å². The van der Waals surface area contributed by atoms with Crippen LogP contribution in [-0.2, 0) is 6.42 Å². The number of phenols is 1. The van der Waals surface area contributed by atoms with Crippen molar-refractivity contribution in [3.05, 3.63) is 44.3 Å². The Morgan fingerprint density at radius 1 is 1.60 bits per heavy atom. The number of nitro benzene ring substituents is 1. The largest absolute Gasteiger partial charge is 0.508 e. The first kappa shape index (κ1) is 10.8. The smallest absolute Gasteiger partial charge is 0.269 e. The Kier molecular flexibility index (Phi) is 3.48. The maximum absolute atomic E-state index is 10.4. The Hall–Kier alpha value is -2.27. The molecule has 1 rings (SSSR count). The Bertz CT molecular complexity index is 426. The summed E-state index contributed by atoms with van der Waals surface area (Å²) in [6, 6.07) is 3.73. The molecule has 0 atom stereocenters. The number of benzene rings is 1. The summed E-state index contributed by atoms with van der Waals surface area (Å²) < 4.78 is 0. The highest BCUT2D eigenvalue weighted by atomic mass is 16.6. The lowest BCUT2D eigenvalue weighted by atomic mass is 10.1. The van der Waals surface area contributed by atoms with E-state index in [0.717, 1.165) is 0 Å². The van der Waals surface area contributed by atoms with Crippen molar-refractivity contribution >= 4 is 5.69 Å². The maximum Gasteiger partial charge on any atom is 0.269 e. The number of hydrogen-bond acceptors (Lipinski definition) is 4. The van der Waals surface area contributed by atoms with Crippen LogP contribution in [0, 0.1) is 10.1 Å². The summed E-state index contributed by atoms with van der Waals surface area (Å²) in [6.45, 7) is 0.158. The highest BCUT2D eigenvalue weighted by Crippen LogP contribution is 2.23. The molecule has 0 spiro atoms. The summed E-state index contributed by atoms with van der Waals surface area (Å²) in [5.41, 5.74) is 8.35. The van der Waals surface area contributed by atoms with Gasteiger partial charge in [-0.1, -0.05) is 5.11 Å². The van der Waals surface area contributed by atoms with Crippen LogP contribution in [0.3, 0.4) is 0 Å².